The molecule has 0 radical (unpaired) electrons. The molecular weight excluding hydrogens is 436 g/mol. The van der Waals surface area contributed by atoms with Crippen LogP contribution in [0.4, 0.5) is 0 Å². The number of benzene rings is 2. The Morgan fingerprint density at radius 1 is 1.03 bits per heavy atom. The molecule has 0 spiro atoms. The fourth-order valence-corrected chi connectivity index (χ4v) is 4.13. The topological polar surface area (TPSA) is 134 Å². The lowest BCUT2D eigenvalue weighted by atomic mass is 9.87. The lowest BCUT2D eigenvalue weighted by Gasteiger charge is -2.21. The molecular formula is C22H28N2O7S. The molecule has 2 aromatic rings. The summed E-state index contributed by atoms with van der Waals surface area (Å²) < 4.78 is 43.8. The quantitative estimate of drug-likeness (QED) is 0.612. The highest BCUT2D eigenvalue weighted by molar-refractivity contribution is 7.90. The molecule has 32 heavy (non-hydrogen) atoms. The molecule has 0 aliphatic carbocycles. The van der Waals surface area contributed by atoms with Gasteiger partial charge in [0.25, 0.3) is 21.8 Å². The summed E-state index contributed by atoms with van der Waals surface area (Å²) in [5.41, 5.74) is 6.10. The zero-order valence-electron chi connectivity index (χ0n) is 18.9. The van der Waals surface area contributed by atoms with Gasteiger partial charge >= 0.3 is 0 Å². The first kappa shape index (κ1) is 25.0. The van der Waals surface area contributed by atoms with Crippen LogP contribution >= 0.6 is 0 Å². The fraction of sp³-hybridized carbons (Fsp3) is 0.364. The molecule has 0 fully saturated rings. The van der Waals surface area contributed by atoms with Gasteiger partial charge in [0, 0.05) is 5.56 Å². The van der Waals surface area contributed by atoms with Crippen LogP contribution in [0, 0.1) is 6.92 Å². The third-order valence-electron chi connectivity index (χ3n) is 4.65. The Morgan fingerprint density at radius 2 is 1.59 bits per heavy atom. The highest BCUT2D eigenvalue weighted by Crippen LogP contribution is 2.38. The second kappa shape index (κ2) is 9.47. The second-order valence-corrected chi connectivity index (χ2v) is 9.78. The predicted octanol–water partition coefficient (Wildman–Crippen LogP) is 2.29. The molecule has 9 nitrogen and oxygen atoms in total. The highest BCUT2D eigenvalue weighted by Gasteiger charge is 2.25. The van der Waals surface area contributed by atoms with Crippen molar-refractivity contribution < 1.29 is 32.2 Å². The number of ether oxygens (including phenoxy) is 3. The largest absolute Gasteiger partial charge is 0.493 e. The van der Waals surface area contributed by atoms with Gasteiger partial charge in [-0.15, -0.1) is 0 Å². The summed E-state index contributed by atoms with van der Waals surface area (Å²) in [7, 11) is -1.52. The average Bonchev–Trinajstić information content (AvgIpc) is 2.70. The van der Waals surface area contributed by atoms with E-state index in [9.17, 15) is 18.0 Å². The van der Waals surface area contributed by atoms with E-state index < -0.39 is 28.4 Å². The van der Waals surface area contributed by atoms with Crippen LogP contribution in [0.2, 0.25) is 0 Å². The Kier molecular flexibility index (Phi) is 7.40. The van der Waals surface area contributed by atoms with Gasteiger partial charge in [-0.1, -0.05) is 32.9 Å². The minimum absolute atomic E-state index is 0.0126. The predicted molar refractivity (Wildman–Crippen MR) is 119 cm³/mol. The third kappa shape index (κ3) is 5.70. The molecule has 0 aromatic heterocycles. The van der Waals surface area contributed by atoms with E-state index >= 15 is 0 Å². The Bertz CT molecular complexity index is 1110. The minimum Gasteiger partial charge on any atom is -0.493 e. The monoisotopic (exact) mass is 464 g/mol. The maximum Gasteiger partial charge on any atom is 0.265 e. The van der Waals surface area contributed by atoms with Gasteiger partial charge in [0.15, 0.2) is 18.1 Å². The number of carbonyl (C=O) groups is 2. The number of hydrogen-bond acceptors (Lipinski definition) is 7. The Balaban J connectivity index is 2.43. The Hall–Kier alpha value is -3.27. The van der Waals surface area contributed by atoms with Crippen molar-refractivity contribution in [1.29, 1.82) is 0 Å². The Labute approximate surface area is 187 Å². The van der Waals surface area contributed by atoms with E-state index in [0.29, 0.717) is 5.56 Å². The zero-order chi connectivity index (χ0) is 24.3. The summed E-state index contributed by atoms with van der Waals surface area (Å²) in [5, 5.41) is 0. The molecule has 10 heteroatoms. The molecule has 2 rings (SSSR count). The molecule has 2 aromatic carbocycles. The SMILES string of the molecule is COc1cc(C(=O)NS(=O)(=O)c2cc(C(C)(C)C)ccc2C)cc(OC)c1OCC(N)=O. The van der Waals surface area contributed by atoms with Crippen molar-refractivity contribution in [2.45, 2.75) is 38.0 Å². The molecule has 0 aliphatic rings. The fourth-order valence-electron chi connectivity index (χ4n) is 2.89. The normalized spacial score (nSPS) is 11.6. The van der Waals surface area contributed by atoms with Crippen molar-refractivity contribution in [1.82, 2.24) is 4.72 Å². The maximum absolute atomic E-state index is 13.0. The van der Waals surface area contributed by atoms with Crippen molar-refractivity contribution in [2.24, 2.45) is 5.73 Å². The number of methoxy groups -OCH3 is 2. The zero-order valence-corrected chi connectivity index (χ0v) is 19.8. The summed E-state index contributed by atoms with van der Waals surface area (Å²) in [5.74, 6) is -1.40. The summed E-state index contributed by atoms with van der Waals surface area (Å²) in [6, 6.07) is 7.68. The first-order valence-electron chi connectivity index (χ1n) is 9.65. The number of nitrogens with two attached hydrogens (primary N) is 1. The van der Waals surface area contributed by atoms with E-state index in [0.717, 1.165) is 5.56 Å². The molecule has 0 atom stereocenters. The van der Waals surface area contributed by atoms with Crippen LogP contribution < -0.4 is 24.7 Å². The molecule has 0 unspecified atom stereocenters. The smallest absolute Gasteiger partial charge is 0.265 e. The minimum atomic E-state index is -4.17. The maximum atomic E-state index is 13.0. The van der Waals surface area contributed by atoms with Gasteiger partial charge in [0.05, 0.1) is 19.1 Å². The van der Waals surface area contributed by atoms with Gasteiger partial charge in [-0.2, -0.15) is 0 Å². The van der Waals surface area contributed by atoms with E-state index in [2.05, 4.69) is 4.72 Å². The molecule has 3 N–H and O–H groups in total. The van der Waals surface area contributed by atoms with Crippen LogP contribution in [0.15, 0.2) is 35.2 Å². The van der Waals surface area contributed by atoms with Crippen LogP contribution in [0.3, 0.4) is 0 Å². The highest BCUT2D eigenvalue weighted by atomic mass is 32.2. The van der Waals surface area contributed by atoms with E-state index in [-0.39, 0.29) is 33.1 Å². The van der Waals surface area contributed by atoms with Crippen molar-refractivity contribution in [3.05, 3.63) is 47.0 Å². The van der Waals surface area contributed by atoms with Gasteiger partial charge in [-0.05, 0) is 41.7 Å². The number of hydrogen-bond donors (Lipinski definition) is 2. The lowest BCUT2D eigenvalue weighted by Crippen LogP contribution is -2.31. The summed E-state index contributed by atoms with van der Waals surface area (Å²) in [6.07, 6.45) is 0. The van der Waals surface area contributed by atoms with Crippen molar-refractivity contribution in [2.75, 3.05) is 20.8 Å². The number of sulfonamides is 1. The second-order valence-electron chi connectivity index (χ2n) is 8.13. The number of nitrogens with one attached hydrogen (secondary N) is 1. The summed E-state index contributed by atoms with van der Waals surface area (Å²) in [6.45, 7) is 7.12. The van der Waals surface area contributed by atoms with Crippen molar-refractivity contribution >= 4 is 21.8 Å². The number of rotatable bonds is 8. The standard InChI is InChI=1S/C22H28N2O7S/c1-13-7-8-15(22(2,3)4)11-18(13)32(27,28)24-21(26)14-9-16(29-5)20(17(10-14)30-6)31-12-19(23)25/h7-11H,12H2,1-6H3,(H2,23,25)(H,24,26). The first-order chi connectivity index (χ1) is 14.8. The van der Waals surface area contributed by atoms with Gasteiger partial charge in [0.2, 0.25) is 5.75 Å². The van der Waals surface area contributed by atoms with Gasteiger partial charge < -0.3 is 19.9 Å². The van der Waals surface area contributed by atoms with Crippen LogP contribution in [-0.2, 0) is 20.2 Å². The van der Waals surface area contributed by atoms with Crippen LogP contribution in [0.25, 0.3) is 0 Å². The lowest BCUT2D eigenvalue weighted by molar-refractivity contribution is -0.120. The number of carbonyl (C=O) groups excluding carboxylic acids is 2. The van der Waals surface area contributed by atoms with E-state index in [1.165, 1.54) is 26.4 Å². The number of aryl methyl sites for hydroxylation is 1. The molecule has 0 bridgehead atoms. The average molecular weight is 465 g/mol. The number of amides is 2. The van der Waals surface area contributed by atoms with Crippen LogP contribution in [0.5, 0.6) is 17.2 Å². The van der Waals surface area contributed by atoms with Gasteiger partial charge in [-0.25, -0.2) is 13.1 Å². The molecule has 0 saturated heterocycles. The van der Waals surface area contributed by atoms with E-state index in [4.69, 9.17) is 19.9 Å². The van der Waals surface area contributed by atoms with E-state index in [1.54, 1.807) is 19.1 Å². The van der Waals surface area contributed by atoms with E-state index in [1.807, 2.05) is 26.8 Å². The Morgan fingerprint density at radius 3 is 2.06 bits per heavy atom. The summed E-state index contributed by atoms with van der Waals surface area (Å²) in [4.78, 5) is 23.9. The number of primary amides is 1. The van der Waals surface area contributed by atoms with Crippen LogP contribution in [0.1, 0.15) is 42.3 Å². The first-order valence-corrected chi connectivity index (χ1v) is 11.1. The molecule has 0 aliphatic heterocycles. The van der Waals surface area contributed by atoms with Crippen molar-refractivity contribution in [3.8, 4) is 17.2 Å². The van der Waals surface area contributed by atoms with Gasteiger partial charge in [0.1, 0.15) is 0 Å². The molecule has 2 amide bonds. The third-order valence-corrected chi connectivity index (χ3v) is 6.13. The van der Waals surface area contributed by atoms with Crippen LogP contribution in [-0.4, -0.2) is 41.1 Å². The molecule has 0 heterocycles. The molecule has 0 saturated carbocycles. The van der Waals surface area contributed by atoms with Gasteiger partial charge in [-0.3, -0.25) is 9.59 Å². The molecule has 174 valence electrons. The summed E-state index contributed by atoms with van der Waals surface area (Å²) >= 11 is 0. The van der Waals surface area contributed by atoms with Crippen molar-refractivity contribution in [3.63, 3.8) is 0 Å².